The van der Waals surface area contributed by atoms with Crippen molar-refractivity contribution in [3.8, 4) is 0 Å². The molecular weight excluding hydrogens is 278 g/mol. The van der Waals surface area contributed by atoms with Crippen molar-refractivity contribution in [3.63, 3.8) is 0 Å². The molecule has 0 saturated heterocycles. The topological polar surface area (TPSA) is 117 Å². The molecule has 0 radical (unpaired) electrons. The molecule has 0 aliphatic carbocycles. The second kappa shape index (κ2) is 5.45. The minimum absolute atomic E-state index is 0.00407. The first-order valence-corrected chi connectivity index (χ1v) is 5.85. The van der Waals surface area contributed by atoms with Crippen LogP contribution in [0.1, 0.15) is 20.8 Å². The van der Waals surface area contributed by atoms with Gasteiger partial charge in [-0.1, -0.05) is 12.1 Å². The number of hydrogen-bond acceptors (Lipinski definition) is 4. The summed E-state index contributed by atoms with van der Waals surface area (Å²) in [4.78, 5) is 36.8. The third-order valence-electron chi connectivity index (χ3n) is 2.90. The summed E-state index contributed by atoms with van der Waals surface area (Å²) in [5.41, 5.74) is 0.172. The highest BCUT2D eigenvalue weighted by Crippen LogP contribution is 2.21. The standard InChI is InChI=1S/C13H11N3O5/c1-15(10-5-3-2-4-8(10)13(18)19)12(17)9-6-7-11(14-9)16(20)21/h2-7,14H,1H3,(H,18,19). The third-order valence-corrected chi connectivity index (χ3v) is 2.90. The van der Waals surface area contributed by atoms with E-state index in [-0.39, 0.29) is 22.8 Å². The number of carboxylic acid groups (broad SMARTS) is 1. The lowest BCUT2D eigenvalue weighted by Gasteiger charge is -2.17. The Morgan fingerprint density at radius 3 is 2.48 bits per heavy atom. The molecule has 0 saturated carbocycles. The van der Waals surface area contributed by atoms with Crippen molar-refractivity contribution in [2.75, 3.05) is 11.9 Å². The fourth-order valence-electron chi connectivity index (χ4n) is 1.85. The van der Waals surface area contributed by atoms with Crippen LogP contribution < -0.4 is 4.90 Å². The quantitative estimate of drug-likeness (QED) is 0.658. The van der Waals surface area contributed by atoms with Crippen molar-refractivity contribution < 1.29 is 19.6 Å². The molecule has 8 heteroatoms. The summed E-state index contributed by atoms with van der Waals surface area (Å²) in [7, 11) is 1.40. The molecule has 0 spiro atoms. The number of aromatic amines is 1. The molecule has 1 aromatic carbocycles. The number of carbonyl (C=O) groups is 2. The number of benzene rings is 1. The number of aromatic carboxylic acids is 1. The molecule has 108 valence electrons. The highest BCUT2D eigenvalue weighted by atomic mass is 16.6. The number of aromatic nitrogens is 1. The summed E-state index contributed by atoms with van der Waals surface area (Å²) in [6.45, 7) is 0. The molecule has 2 rings (SSSR count). The van der Waals surface area contributed by atoms with Crippen molar-refractivity contribution >= 4 is 23.4 Å². The Balaban J connectivity index is 2.35. The van der Waals surface area contributed by atoms with Crippen LogP contribution in [0.25, 0.3) is 0 Å². The highest BCUT2D eigenvalue weighted by molar-refractivity contribution is 6.08. The molecule has 21 heavy (non-hydrogen) atoms. The van der Waals surface area contributed by atoms with Crippen molar-refractivity contribution in [2.45, 2.75) is 0 Å². The van der Waals surface area contributed by atoms with Crippen molar-refractivity contribution in [3.05, 3.63) is 57.8 Å². The van der Waals surface area contributed by atoms with Gasteiger partial charge in [-0.2, -0.15) is 0 Å². The van der Waals surface area contributed by atoms with Gasteiger partial charge in [-0.15, -0.1) is 0 Å². The van der Waals surface area contributed by atoms with Gasteiger partial charge < -0.3 is 20.1 Å². The van der Waals surface area contributed by atoms with Gasteiger partial charge in [0.1, 0.15) is 0 Å². The monoisotopic (exact) mass is 289 g/mol. The second-order valence-electron chi connectivity index (χ2n) is 4.20. The second-order valence-corrected chi connectivity index (χ2v) is 4.20. The average molecular weight is 289 g/mol. The van der Waals surface area contributed by atoms with E-state index in [1.54, 1.807) is 12.1 Å². The van der Waals surface area contributed by atoms with Gasteiger partial charge >= 0.3 is 11.8 Å². The minimum Gasteiger partial charge on any atom is -0.478 e. The number of para-hydroxylation sites is 1. The number of anilines is 1. The maximum atomic E-state index is 12.2. The van der Waals surface area contributed by atoms with Crippen molar-refractivity contribution in [2.24, 2.45) is 0 Å². The van der Waals surface area contributed by atoms with Gasteiger partial charge in [-0.05, 0) is 23.1 Å². The fourth-order valence-corrected chi connectivity index (χ4v) is 1.85. The van der Waals surface area contributed by atoms with E-state index in [0.717, 1.165) is 4.90 Å². The van der Waals surface area contributed by atoms with E-state index >= 15 is 0 Å². The molecule has 0 aliphatic heterocycles. The van der Waals surface area contributed by atoms with Gasteiger partial charge in [0, 0.05) is 13.1 Å². The summed E-state index contributed by atoms with van der Waals surface area (Å²) in [6, 6.07) is 8.45. The highest BCUT2D eigenvalue weighted by Gasteiger charge is 2.23. The smallest absolute Gasteiger partial charge is 0.337 e. The van der Waals surface area contributed by atoms with Crippen LogP contribution in [0.4, 0.5) is 11.5 Å². The zero-order chi connectivity index (χ0) is 15.6. The number of hydrogen-bond donors (Lipinski definition) is 2. The van der Waals surface area contributed by atoms with Gasteiger partial charge in [0.2, 0.25) is 0 Å². The molecule has 0 aliphatic rings. The van der Waals surface area contributed by atoms with Crippen molar-refractivity contribution in [1.82, 2.24) is 4.98 Å². The van der Waals surface area contributed by atoms with Crippen LogP contribution in [0.3, 0.4) is 0 Å². The van der Waals surface area contributed by atoms with Gasteiger partial charge in [-0.25, -0.2) is 9.78 Å². The first-order chi connectivity index (χ1) is 9.91. The molecule has 0 atom stereocenters. The van der Waals surface area contributed by atoms with E-state index in [1.165, 1.54) is 31.3 Å². The number of rotatable bonds is 4. The van der Waals surface area contributed by atoms with Gasteiger partial charge in [0.05, 0.1) is 11.3 Å². The fraction of sp³-hybridized carbons (Fsp3) is 0.0769. The van der Waals surface area contributed by atoms with Gasteiger partial charge in [-0.3, -0.25) is 4.79 Å². The van der Waals surface area contributed by atoms with E-state index < -0.39 is 16.8 Å². The molecule has 2 N–H and O–H groups in total. The normalized spacial score (nSPS) is 10.1. The largest absolute Gasteiger partial charge is 0.478 e. The number of H-pyrrole nitrogens is 1. The van der Waals surface area contributed by atoms with E-state index in [2.05, 4.69) is 4.98 Å². The first-order valence-electron chi connectivity index (χ1n) is 5.85. The summed E-state index contributed by atoms with van der Waals surface area (Å²) < 4.78 is 0. The molecule has 8 nitrogen and oxygen atoms in total. The summed E-state index contributed by atoms with van der Waals surface area (Å²) in [5.74, 6) is -2.04. The zero-order valence-corrected chi connectivity index (χ0v) is 10.9. The lowest BCUT2D eigenvalue weighted by atomic mass is 10.1. The van der Waals surface area contributed by atoms with Crippen LogP contribution in [0.2, 0.25) is 0 Å². The van der Waals surface area contributed by atoms with Crippen LogP contribution >= 0.6 is 0 Å². The lowest BCUT2D eigenvalue weighted by molar-refractivity contribution is -0.389. The molecule has 2 aromatic rings. The molecule has 1 amide bonds. The number of nitro groups is 1. The van der Waals surface area contributed by atoms with Crippen molar-refractivity contribution in [1.29, 1.82) is 0 Å². The van der Waals surface area contributed by atoms with Gasteiger partial charge in [0.15, 0.2) is 5.69 Å². The Morgan fingerprint density at radius 1 is 1.24 bits per heavy atom. The molecule has 1 aromatic heterocycles. The molecular formula is C13H11N3O5. The molecule has 0 fully saturated rings. The van der Waals surface area contributed by atoms with E-state index in [9.17, 15) is 19.7 Å². The molecule has 0 bridgehead atoms. The predicted octanol–water partition coefficient (Wildman–Crippen LogP) is 1.90. The average Bonchev–Trinajstić information content (AvgIpc) is 2.95. The van der Waals surface area contributed by atoms with E-state index in [1.807, 2.05) is 0 Å². The number of carboxylic acids is 1. The van der Waals surface area contributed by atoms with E-state index in [4.69, 9.17) is 5.11 Å². The molecule has 0 unspecified atom stereocenters. The number of nitrogens with one attached hydrogen (secondary N) is 1. The summed E-state index contributed by atoms with van der Waals surface area (Å²) >= 11 is 0. The predicted molar refractivity (Wildman–Crippen MR) is 73.6 cm³/mol. The Hall–Kier alpha value is -3.16. The van der Waals surface area contributed by atoms with Crippen LogP contribution in [0, 0.1) is 10.1 Å². The Bertz CT molecular complexity index is 722. The lowest BCUT2D eigenvalue weighted by Crippen LogP contribution is -2.28. The Kier molecular flexibility index (Phi) is 3.70. The summed E-state index contributed by atoms with van der Waals surface area (Å²) in [6.07, 6.45) is 0. The third kappa shape index (κ3) is 2.73. The van der Waals surface area contributed by atoms with Crippen LogP contribution in [0.15, 0.2) is 36.4 Å². The molecule has 1 heterocycles. The number of nitrogens with zero attached hydrogens (tertiary/aromatic N) is 2. The van der Waals surface area contributed by atoms with E-state index in [0.29, 0.717) is 0 Å². The number of amides is 1. The summed E-state index contributed by atoms with van der Waals surface area (Å²) in [5, 5.41) is 19.7. The minimum atomic E-state index is -1.16. The Morgan fingerprint density at radius 2 is 1.90 bits per heavy atom. The van der Waals surface area contributed by atoms with Crippen LogP contribution in [-0.4, -0.2) is 33.9 Å². The zero-order valence-electron chi connectivity index (χ0n) is 10.9. The first kappa shape index (κ1) is 14.3. The Labute approximate surface area is 118 Å². The van der Waals surface area contributed by atoms with Crippen LogP contribution in [0.5, 0.6) is 0 Å². The number of carbonyl (C=O) groups excluding carboxylic acids is 1. The van der Waals surface area contributed by atoms with Gasteiger partial charge in [0.25, 0.3) is 5.91 Å². The van der Waals surface area contributed by atoms with Crippen LogP contribution in [-0.2, 0) is 0 Å². The maximum absolute atomic E-state index is 12.2. The maximum Gasteiger partial charge on any atom is 0.337 e. The SMILES string of the molecule is CN(C(=O)c1ccc([N+](=O)[O-])[nH]1)c1ccccc1C(=O)O.